The van der Waals surface area contributed by atoms with Crippen LogP contribution in [-0.4, -0.2) is 0 Å². The molecule has 2 aromatic rings. The second kappa shape index (κ2) is 5.76. The van der Waals surface area contributed by atoms with Crippen LogP contribution in [0.4, 0.5) is 0 Å². The van der Waals surface area contributed by atoms with Crippen LogP contribution in [0.25, 0.3) is 0 Å². The van der Waals surface area contributed by atoms with Gasteiger partial charge in [-0.2, -0.15) is 11.8 Å². The summed E-state index contributed by atoms with van der Waals surface area (Å²) < 4.78 is 0. The predicted octanol–water partition coefficient (Wildman–Crippen LogP) is 4.43. The SMILES string of the molecule is Cc1cccc(CSCc2ccccc2)c1. The molecule has 0 aliphatic heterocycles. The quantitative estimate of drug-likeness (QED) is 0.746. The third kappa shape index (κ3) is 3.42. The zero-order chi connectivity index (χ0) is 11.2. The number of aryl methyl sites for hydroxylation is 1. The molecule has 0 nitrogen and oxygen atoms in total. The lowest BCUT2D eigenvalue weighted by Gasteiger charge is -2.03. The van der Waals surface area contributed by atoms with Crippen LogP contribution >= 0.6 is 11.8 Å². The smallest absolute Gasteiger partial charge is 0.0188 e. The first-order valence-electron chi connectivity index (χ1n) is 5.52. The summed E-state index contributed by atoms with van der Waals surface area (Å²) in [5.41, 5.74) is 4.17. The maximum atomic E-state index is 2.26. The fourth-order valence-electron chi connectivity index (χ4n) is 1.66. The van der Waals surface area contributed by atoms with Crippen LogP contribution < -0.4 is 0 Å². The molecule has 0 saturated carbocycles. The molecule has 0 atom stereocenters. The normalized spacial score (nSPS) is 10.3. The first-order valence-corrected chi connectivity index (χ1v) is 6.67. The molecule has 82 valence electrons. The van der Waals surface area contributed by atoms with Crippen LogP contribution in [0, 0.1) is 6.92 Å². The van der Waals surface area contributed by atoms with Crippen LogP contribution in [0.2, 0.25) is 0 Å². The van der Waals surface area contributed by atoms with Gasteiger partial charge in [0.25, 0.3) is 0 Å². The third-order valence-electron chi connectivity index (χ3n) is 2.46. The van der Waals surface area contributed by atoms with Crippen molar-refractivity contribution in [3.63, 3.8) is 0 Å². The van der Waals surface area contributed by atoms with E-state index in [2.05, 4.69) is 61.5 Å². The Hall–Kier alpha value is -1.21. The Labute approximate surface area is 102 Å². The topological polar surface area (TPSA) is 0 Å². The molecule has 0 fully saturated rings. The van der Waals surface area contributed by atoms with E-state index in [1.54, 1.807) is 0 Å². The van der Waals surface area contributed by atoms with E-state index in [1.807, 2.05) is 11.8 Å². The minimum atomic E-state index is 1.09. The standard InChI is InChI=1S/C15H16S/c1-13-6-5-9-15(10-13)12-16-11-14-7-3-2-4-8-14/h2-10H,11-12H2,1H3. The molecule has 2 aromatic carbocycles. The Bertz CT molecular complexity index is 434. The fourth-order valence-corrected chi connectivity index (χ4v) is 2.61. The van der Waals surface area contributed by atoms with Crippen molar-refractivity contribution in [3.8, 4) is 0 Å². The summed E-state index contributed by atoms with van der Waals surface area (Å²) in [5.74, 6) is 2.19. The number of thioether (sulfide) groups is 1. The molecule has 0 spiro atoms. The first-order chi connectivity index (χ1) is 7.84. The van der Waals surface area contributed by atoms with Gasteiger partial charge < -0.3 is 0 Å². The van der Waals surface area contributed by atoms with Crippen molar-refractivity contribution >= 4 is 11.8 Å². The van der Waals surface area contributed by atoms with Crippen molar-refractivity contribution in [1.29, 1.82) is 0 Å². The van der Waals surface area contributed by atoms with Crippen molar-refractivity contribution in [3.05, 3.63) is 71.3 Å². The summed E-state index contributed by atoms with van der Waals surface area (Å²) >= 11 is 1.97. The van der Waals surface area contributed by atoms with Gasteiger partial charge in [0.05, 0.1) is 0 Å². The van der Waals surface area contributed by atoms with Gasteiger partial charge in [-0.3, -0.25) is 0 Å². The molecular weight excluding hydrogens is 212 g/mol. The largest absolute Gasteiger partial charge is 0.152 e. The second-order valence-electron chi connectivity index (χ2n) is 3.97. The van der Waals surface area contributed by atoms with Crippen LogP contribution in [0.5, 0.6) is 0 Å². The molecule has 0 aromatic heterocycles. The van der Waals surface area contributed by atoms with E-state index in [0.717, 1.165) is 11.5 Å². The average Bonchev–Trinajstić information content (AvgIpc) is 2.30. The van der Waals surface area contributed by atoms with Gasteiger partial charge in [-0.25, -0.2) is 0 Å². The van der Waals surface area contributed by atoms with E-state index >= 15 is 0 Å². The van der Waals surface area contributed by atoms with Gasteiger partial charge in [-0.15, -0.1) is 0 Å². The van der Waals surface area contributed by atoms with Gasteiger partial charge in [0.2, 0.25) is 0 Å². The Balaban J connectivity index is 1.85. The van der Waals surface area contributed by atoms with Crippen molar-refractivity contribution in [2.75, 3.05) is 0 Å². The second-order valence-corrected chi connectivity index (χ2v) is 4.95. The van der Waals surface area contributed by atoms with Crippen molar-refractivity contribution in [2.24, 2.45) is 0 Å². The summed E-state index contributed by atoms with van der Waals surface area (Å²) in [6.07, 6.45) is 0. The molecule has 0 bridgehead atoms. The van der Waals surface area contributed by atoms with Crippen molar-refractivity contribution in [1.82, 2.24) is 0 Å². The molecule has 2 rings (SSSR count). The summed E-state index contributed by atoms with van der Waals surface area (Å²) in [6.45, 7) is 2.14. The highest BCUT2D eigenvalue weighted by atomic mass is 32.2. The van der Waals surface area contributed by atoms with Crippen molar-refractivity contribution in [2.45, 2.75) is 18.4 Å². The van der Waals surface area contributed by atoms with Crippen LogP contribution in [-0.2, 0) is 11.5 Å². The van der Waals surface area contributed by atoms with Crippen LogP contribution in [0.3, 0.4) is 0 Å². The lowest BCUT2D eigenvalue weighted by Crippen LogP contribution is -1.84. The van der Waals surface area contributed by atoms with E-state index in [4.69, 9.17) is 0 Å². The lowest BCUT2D eigenvalue weighted by atomic mass is 10.2. The maximum absolute atomic E-state index is 2.26. The number of hydrogen-bond donors (Lipinski definition) is 0. The zero-order valence-corrected chi connectivity index (χ0v) is 10.3. The van der Waals surface area contributed by atoms with E-state index in [1.165, 1.54) is 16.7 Å². The molecule has 0 aliphatic rings. The zero-order valence-electron chi connectivity index (χ0n) is 9.52. The Morgan fingerprint density at radius 1 is 0.812 bits per heavy atom. The van der Waals surface area contributed by atoms with Gasteiger partial charge in [-0.1, -0.05) is 60.2 Å². The molecule has 0 unspecified atom stereocenters. The molecule has 1 heteroatoms. The van der Waals surface area contributed by atoms with Gasteiger partial charge in [0.1, 0.15) is 0 Å². The average molecular weight is 228 g/mol. The number of hydrogen-bond acceptors (Lipinski definition) is 1. The summed E-state index contributed by atoms with van der Waals surface area (Å²) in [6, 6.07) is 19.4. The lowest BCUT2D eigenvalue weighted by molar-refractivity contribution is 1.33. The van der Waals surface area contributed by atoms with Crippen LogP contribution in [0.15, 0.2) is 54.6 Å². The third-order valence-corrected chi connectivity index (χ3v) is 3.54. The predicted molar refractivity (Wildman–Crippen MR) is 72.6 cm³/mol. The maximum Gasteiger partial charge on any atom is 0.0188 e. The highest BCUT2D eigenvalue weighted by molar-refractivity contribution is 7.97. The minimum Gasteiger partial charge on any atom is -0.152 e. The Morgan fingerprint density at radius 2 is 1.50 bits per heavy atom. The highest BCUT2D eigenvalue weighted by Gasteiger charge is 1.95. The number of rotatable bonds is 4. The minimum absolute atomic E-state index is 1.09. The van der Waals surface area contributed by atoms with E-state index in [-0.39, 0.29) is 0 Å². The summed E-state index contributed by atoms with van der Waals surface area (Å²) in [4.78, 5) is 0. The molecular formula is C15H16S. The monoisotopic (exact) mass is 228 g/mol. The molecule has 0 N–H and O–H groups in total. The van der Waals surface area contributed by atoms with Gasteiger partial charge in [0, 0.05) is 11.5 Å². The van der Waals surface area contributed by atoms with Gasteiger partial charge in [-0.05, 0) is 18.1 Å². The van der Waals surface area contributed by atoms with Crippen LogP contribution in [0.1, 0.15) is 16.7 Å². The fraction of sp³-hybridized carbons (Fsp3) is 0.200. The molecule has 0 heterocycles. The first kappa shape index (κ1) is 11.3. The molecule has 16 heavy (non-hydrogen) atoms. The number of benzene rings is 2. The summed E-state index contributed by atoms with van der Waals surface area (Å²) in [7, 11) is 0. The molecule has 0 aliphatic carbocycles. The molecule has 0 saturated heterocycles. The van der Waals surface area contributed by atoms with E-state index in [9.17, 15) is 0 Å². The van der Waals surface area contributed by atoms with E-state index in [0.29, 0.717) is 0 Å². The van der Waals surface area contributed by atoms with Crippen molar-refractivity contribution < 1.29 is 0 Å². The highest BCUT2D eigenvalue weighted by Crippen LogP contribution is 2.18. The van der Waals surface area contributed by atoms with Gasteiger partial charge >= 0.3 is 0 Å². The molecule has 0 amide bonds. The Morgan fingerprint density at radius 3 is 2.25 bits per heavy atom. The Kier molecular flexibility index (Phi) is 4.06. The van der Waals surface area contributed by atoms with Gasteiger partial charge in [0.15, 0.2) is 0 Å². The molecule has 0 radical (unpaired) electrons. The van der Waals surface area contributed by atoms with E-state index < -0.39 is 0 Å². The summed E-state index contributed by atoms with van der Waals surface area (Å²) in [5, 5.41) is 0.